The van der Waals surface area contributed by atoms with Crippen LogP contribution < -0.4 is 10.1 Å². The van der Waals surface area contributed by atoms with Crippen LogP contribution in [0.25, 0.3) is 0 Å². The van der Waals surface area contributed by atoms with E-state index >= 15 is 0 Å². The van der Waals surface area contributed by atoms with Crippen molar-refractivity contribution in [2.75, 3.05) is 7.11 Å². The number of benzene rings is 2. The van der Waals surface area contributed by atoms with Gasteiger partial charge in [0.2, 0.25) is 5.91 Å². The van der Waals surface area contributed by atoms with Gasteiger partial charge >= 0.3 is 0 Å². The van der Waals surface area contributed by atoms with Crippen LogP contribution in [0.4, 0.5) is 0 Å². The zero-order chi connectivity index (χ0) is 18.4. The van der Waals surface area contributed by atoms with Crippen LogP contribution in [-0.2, 0) is 4.79 Å². The van der Waals surface area contributed by atoms with Crippen LogP contribution in [0.2, 0.25) is 0 Å². The molecule has 2 aromatic rings. The maximum absolute atomic E-state index is 12.3. The molecule has 0 aliphatic carbocycles. The third-order valence-electron chi connectivity index (χ3n) is 4.14. The van der Waals surface area contributed by atoms with Crippen LogP contribution in [0, 0.1) is 6.92 Å². The summed E-state index contributed by atoms with van der Waals surface area (Å²) >= 11 is 0. The monoisotopic (exact) mass is 339 g/mol. The Morgan fingerprint density at radius 3 is 2.32 bits per heavy atom. The molecule has 0 heterocycles. The number of hydrogen-bond acceptors (Lipinski definition) is 2. The predicted molar refractivity (Wildman–Crippen MR) is 103 cm³/mol. The van der Waals surface area contributed by atoms with E-state index in [1.807, 2.05) is 32.9 Å². The summed E-state index contributed by atoms with van der Waals surface area (Å²) < 4.78 is 5.26. The summed E-state index contributed by atoms with van der Waals surface area (Å²) in [6.45, 7) is 8.12. The molecule has 0 aliphatic rings. The van der Waals surface area contributed by atoms with Gasteiger partial charge in [0, 0.05) is 17.9 Å². The first-order valence-corrected chi connectivity index (χ1v) is 8.80. The molecule has 2 rings (SSSR count). The Morgan fingerprint density at radius 2 is 1.76 bits per heavy atom. The summed E-state index contributed by atoms with van der Waals surface area (Å²) in [5.41, 5.74) is 3.48. The molecule has 1 atom stereocenters. The van der Waals surface area contributed by atoms with Gasteiger partial charge in [0.25, 0.3) is 0 Å². The van der Waals surface area contributed by atoms with Gasteiger partial charge in [-0.1, -0.05) is 42.0 Å². The number of amides is 1. The number of carbonyl (C=O) groups excluding carboxylic acids is 1. The van der Waals surface area contributed by atoms with Gasteiger partial charge < -0.3 is 10.1 Å². The first kappa shape index (κ1) is 19.0. The minimum Gasteiger partial charge on any atom is -0.497 e. The normalized spacial score (nSPS) is 12.5. The van der Waals surface area contributed by atoms with Crippen molar-refractivity contribution in [1.29, 1.82) is 0 Å². The molecule has 0 bridgehead atoms. The van der Waals surface area contributed by atoms with Gasteiger partial charge in [0.05, 0.1) is 7.11 Å². The summed E-state index contributed by atoms with van der Waals surface area (Å²) in [7, 11) is 1.67. The van der Waals surface area contributed by atoms with E-state index in [9.17, 15) is 4.79 Å². The molecule has 2 aromatic carbocycles. The molecular weight excluding hydrogens is 310 g/mol. The minimum atomic E-state index is -0.198. The van der Waals surface area contributed by atoms with Crippen LogP contribution in [0.3, 0.4) is 0 Å². The van der Waals surface area contributed by atoms with E-state index in [0.29, 0.717) is 6.42 Å². The lowest BCUT2D eigenvalue weighted by molar-refractivity contribution is -0.122. The number of methoxy groups -OCH3 is 1. The van der Waals surface area contributed by atoms with Crippen LogP contribution in [0.5, 0.6) is 5.75 Å². The molecule has 134 valence electrons. The molecule has 3 heteroatoms. The lowest BCUT2D eigenvalue weighted by Crippen LogP contribution is -2.40. The number of aryl methyl sites for hydroxylation is 1. The quantitative estimate of drug-likeness (QED) is 0.818. The van der Waals surface area contributed by atoms with Crippen molar-refractivity contribution < 1.29 is 9.53 Å². The number of carbonyl (C=O) groups is 1. The molecule has 0 aliphatic heterocycles. The molecule has 3 nitrogen and oxygen atoms in total. The van der Waals surface area contributed by atoms with Crippen LogP contribution in [-0.4, -0.2) is 18.6 Å². The van der Waals surface area contributed by atoms with Crippen molar-refractivity contribution in [3.05, 3.63) is 65.2 Å². The number of rotatable bonds is 6. The van der Waals surface area contributed by atoms with Crippen molar-refractivity contribution in [2.24, 2.45) is 0 Å². The molecule has 0 saturated heterocycles. The molecule has 0 unspecified atom stereocenters. The second-order valence-corrected chi connectivity index (χ2v) is 7.58. The number of ether oxygens (including phenoxy) is 1. The largest absolute Gasteiger partial charge is 0.497 e. The SMILES string of the molecule is COc1ccc([C@H](CCC(=O)NC(C)(C)C)c2cccc(C)c2)cc1. The van der Waals surface area contributed by atoms with E-state index in [4.69, 9.17) is 4.74 Å². The van der Waals surface area contributed by atoms with Crippen molar-refractivity contribution in [1.82, 2.24) is 5.32 Å². The summed E-state index contributed by atoms with van der Waals surface area (Å²) in [6, 6.07) is 16.7. The van der Waals surface area contributed by atoms with Gasteiger partial charge in [-0.05, 0) is 57.4 Å². The summed E-state index contributed by atoms with van der Waals surface area (Å²) in [4.78, 5) is 12.3. The van der Waals surface area contributed by atoms with E-state index in [1.54, 1.807) is 7.11 Å². The minimum absolute atomic E-state index is 0.0960. The van der Waals surface area contributed by atoms with Gasteiger partial charge in [0.1, 0.15) is 5.75 Å². The first-order chi connectivity index (χ1) is 11.8. The maximum atomic E-state index is 12.3. The Morgan fingerprint density at radius 1 is 1.08 bits per heavy atom. The summed E-state index contributed by atoms with van der Waals surface area (Å²) in [5, 5.41) is 3.05. The predicted octanol–water partition coefficient (Wildman–Crippen LogP) is 4.83. The van der Waals surface area contributed by atoms with E-state index in [2.05, 4.69) is 48.6 Å². The molecular formula is C22H29NO2. The fraction of sp³-hybridized carbons (Fsp3) is 0.409. The standard InChI is InChI=1S/C22H29NO2/c1-16-7-6-8-18(15-16)20(13-14-21(24)23-22(2,3)4)17-9-11-19(25-5)12-10-17/h6-12,15,20H,13-14H2,1-5H3,(H,23,24)/t20-/m0/s1. The van der Waals surface area contributed by atoms with E-state index < -0.39 is 0 Å². The van der Waals surface area contributed by atoms with Crippen molar-refractivity contribution in [2.45, 2.75) is 52.0 Å². The van der Waals surface area contributed by atoms with Crippen LogP contribution >= 0.6 is 0 Å². The Bertz CT molecular complexity index is 699. The topological polar surface area (TPSA) is 38.3 Å². The van der Waals surface area contributed by atoms with Crippen molar-refractivity contribution in [3.63, 3.8) is 0 Å². The van der Waals surface area contributed by atoms with Gasteiger partial charge in [-0.3, -0.25) is 4.79 Å². The van der Waals surface area contributed by atoms with Gasteiger partial charge in [-0.25, -0.2) is 0 Å². The maximum Gasteiger partial charge on any atom is 0.220 e. The van der Waals surface area contributed by atoms with Crippen molar-refractivity contribution >= 4 is 5.91 Å². The lowest BCUT2D eigenvalue weighted by atomic mass is 9.86. The van der Waals surface area contributed by atoms with Crippen LogP contribution in [0.1, 0.15) is 56.2 Å². The van der Waals surface area contributed by atoms with Gasteiger partial charge in [-0.15, -0.1) is 0 Å². The molecule has 0 spiro atoms. The van der Waals surface area contributed by atoms with Crippen molar-refractivity contribution in [3.8, 4) is 5.75 Å². The smallest absolute Gasteiger partial charge is 0.220 e. The molecule has 0 radical (unpaired) electrons. The van der Waals surface area contributed by atoms with E-state index in [-0.39, 0.29) is 17.4 Å². The molecule has 0 aromatic heterocycles. The Kier molecular flexibility index (Phi) is 6.24. The van der Waals surface area contributed by atoms with Crippen LogP contribution in [0.15, 0.2) is 48.5 Å². The Labute approximate surface area is 151 Å². The Balaban J connectivity index is 2.21. The average Bonchev–Trinajstić information content (AvgIpc) is 2.54. The highest BCUT2D eigenvalue weighted by molar-refractivity contribution is 5.76. The zero-order valence-electron chi connectivity index (χ0n) is 15.9. The number of hydrogen-bond donors (Lipinski definition) is 1. The van der Waals surface area contributed by atoms with Gasteiger partial charge in [-0.2, -0.15) is 0 Å². The van der Waals surface area contributed by atoms with E-state index in [0.717, 1.165) is 12.2 Å². The molecule has 1 N–H and O–H groups in total. The molecule has 25 heavy (non-hydrogen) atoms. The molecule has 0 fully saturated rings. The Hall–Kier alpha value is -2.29. The third-order valence-corrected chi connectivity index (χ3v) is 4.14. The molecule has 0 saturated carbocycles. The average molecular weight is 339 g/mol. The fourth-order valence-corrected chi connectivity index (χ4v) is 3.01. The molecule has 1 amide bonds. The number of nitrogens with one attached hydrogen (secondary N) is 1. The highest BCUT2D eigenvalue weighted by Crippen LogP contribution is 2.31. The summed E-state index contributed by atoms with van der Waals surface area (Å²) in [6.07, 6.45) is 1.28. The summed E-state index contributed by atoms with van der Waals surface area (Å²) in [5.74, 6) is 1.13. The second-order valence-electron chi connectivity index (χ2n) is 7.58. The fourth-order valence-electron chi connectivity index (χ4n) is 3.01. The zero-order valence-corrected chi connectivity index (χ0v) is 15.9. The third kappa shape index (κ3) is 5.93. The van der Waals surface area contributed by atoms with E-state index in [1.165, 1.54) is 16.7 Å². The lowest BCUT2D eigenvalue weighted by Gasteiger charge is -2.22. The highest BCUT2D eigenvalue weighted by atomic mass is 16.5. The second kappa shape index (κ2) is 8.19. The first-order valence-electron chi connectivity index (χ1n) is 8.80. The highest BCUT2D eigenvalue weighted by Gasteiger charge is 2.19. The van der Waals surface area contributed by atoms with Gasteiger partial charge in [0.15, 0.2) is 0 Å².